The third-order valence-corrected chi connectivity index (χ3v) is 3.38. The standard InChI is InChI=1S/C11H15N3O2S/c1-14(4-2-5-15)7-9-12-8-3-6-17-10(8)11(16)13-9/h3,6,15H,2,4-5,7H2,1H3,(H,12,13,16). The van der Waals surface area contributed by atoms with Crippen LogP contribution in [0.5, 0.6) is 0 Å². The van der Waals surface area contributed by atoms with Crippen LogP contribution in [0.2, 0.25) is 0 Å². The zero-order chi connectivity index (χ0) is 12.3. The Morgan fingerprint density at radius 3 is 3.18 bits per heavy atom. The predicted molar refractivity (Wildman–Crippen MR) is 68.3 cm³/mol. The summed E-state index contributed by atoms with van der Waals surface area (Å²) in [5, 5.41) is 10.6. The fourth-order valence-electron chi connectivity index (χ4n) is 1.67. The van der Waals surface area contributed by atoms with Crippen molar-refractivity contribution in [2.45, 2.75) is 13.0 Å². The summed E-state index contributed by atoms with van der Waals surface area (Å²) in [6.45, 7) is 1.54. The Bertz CT molecular complexity index is 549. The number of fused-ring (bicyclic) bond motifs is 1. The molecule has 0 aromatic carbocycles. The van der Waals surface area contributed by atoms with E-state index in [0.29, 0.717) is 17.1 Å². The van der Waals surface area contributed by atoms with E-state index in [1.54, 1.807) is 0 Å². The van der Waals surface area contributed by atoms with Gasteiger partial charge in [-0.3, -0.25) is 9.69 Å². The molecule has 2 heterocycles. The van der Waals surface area contributed by atoms with Crippen molar-refractivity contribution in [2.24, 2.45) is 0 Å². The van der Waals surface area contributed by atoms with Gasteiger partial charge in [-0.05, 0) is 24.9 Å². The van der Waals surface area contributed by atoms with E-state index < -0.39 is 0 Å². The van der Waals surface area contributed by atoms with Gasteiger partial charge in [0.25, 0.3) is 5.56 Å². The van der Waals surface area contributed by atoms with Crippen molar-refractivity contribution in [3.05, 3.63) is 27.6 Å². The van der Waals surface area contributed by atoms with E-state index >= 15 is 0 Å². The minimum absolute atomic E-state index is 0.0736. The van der Waals surface area contributed by atoms with Gasteiger partial charge in [-0.1, -0.05) is 0 Å². The first-order valence-electron chi connectivity index (χ1n) is 5.46. The van der Waals surface area contributed by atoms with Crippen molar-refractivity contribution in [1.82, 2.24) is 14.9 Å². The van der Waals surface area contributed by atoms with E-state index in [2.05, 4.69) is 9.97 Å². The fraction of sp³-hybridized carbons (Fsp3) is 0.455. The lowest BCUT2D eigenvalue weighted by Crippen LogP contribution is -2.23. The molecule has 17 heavy (non-hydrogen) atoms. The van der Waals surface area contributed by atoms with Crippen LogP contribution in [0.4, 0.5) is 0 Å². The summed E-state index contributed by atoms with van der Waals surface area (Å²) in [7, 11) is 1.94. The molecule has 0 saturated carbocycles. The highest BCUT2D eigenvalue weighted by Crippen LogP contribution is 2.13. The zero-order valence-electron chi connectivity index (χ0n) is 9.64. The quantitative estimate of drug-likeness (QED) is 0.827. The molecule has 0 aliphatic carbocycles. The number of rotatable bonds is 5. The summed E-state index contributed by atoms with van der Waals surface area (Å²) in [5.74, 6) is 0.668. The molecule has 0 aliphatic rings. The van der Waals surface area contributed by atoms with E-state index in [4.69, 9.17) is 5.11 Å². The summed E-state index contributed by atoms with van der Waals surface area (Å²) in [6.07, 6.45) is 0.724. The predicted octanol–water partition coefficient (Wildman–Crippen LogP) is 0.799. The maximum atomic E-state index is 11.7. The number of H-pyrrole nitrogens is 1. The van der Waals surface area contributed by atoms with E-state index in [-0.39, 0.29) is 12.2 Å². The van der Waals surface area contributed by atoms with E-state index in [9.17, 15) is 4.79 Å². The first kappa shape index (κ1) is 12.2. The number of thiophene rings is 1. The lowest BCUT2D eigenvalue weighted by atomic mass is 10.4. The van der Waals surface area contributed by atoms with Gasteiger partial charge >= 0.3 is 0 Å². The summed E-state index contributed by atoms with van der Waals surface area (Å²) >= 11 is 1.40. The number of aromatic amines is 1. The molecular weight excluding hydrogens is 238 g/mol. The van der Waals surface area contributed by atoms with Gasteiger partial charge in [0, 0.05) is 13.2 Å². The molecule has 6 heteroatoms. The van der Waals surface area contributed by atoms with Gasteiger partial charge in [-0.25, -0.2) is 4.98 Å². The molecule has 0 amide bonds. The van der Waals surface area contributed by atoms with Gasteiger partial charge in [0.2, 0.25) is 0 Å². The number of hydrogen-bond donors (Lipinski definition) is 2. The lowest BCUT2D eigenvalue weighted by Gasteiger charge is -2.14. The molecule has 0 atom stereocenters. The van der Waals surface area contributed by atoms with Crippen LogP contribution in [-0.2, 0) is 6.54 Å². The number of hydrogen-bond acceptors (Lipinski definition) is 5. The van der Waals surface area contributed by atoms with Crippen LogP contribution in [0.3, 0.4) is 0 Å². The second-order valence-corrected chi connectivity index (χ2v) is 4.88. The smallest absolute Gasteiger partial charge is 0.268 e. The van der Waals surface area contributed by atoms with Gasteiger partial charge in [0.1, 0.15) is 10.5 Å². The molecule has 0 saturated heterocycles. The van der Waals surface area contributed by atoms with E-state index in [1.807, 2.05) is 23.4 Å². The number of aromatic nitrogens is 2. The maximum Gasteiger partial charge on any atom is 0.268 e. The Kier molecular flexibility index (Phi) is 3.88. The number of aliphatic hydroxyl groups excluding tert-OH is 1. The third kappa shape index (κ3) is 2.91. The molecule has 0 aliphatic heterocycles. The summed E-state index contributed by atoms with van der Waals surface area (Å²) < 4.78 is 0.673. The van der Waals surface area contributed by atoms with Crippen LogP contribution in [0, 0.1) is 0 Å². The molecule has 2 aromatic heterocycles. The van der Waals surface area contributed by atoms with Crippen LogP contribution in [-0.4, -0.2) is 40.2 Å². The van der Waals surface area contributed by atoms with Crippen molar-refractivity contribution in [2.75, 3.05) is 20.2 Å². The Balaban J connectivity index is 2.16. The largest absolute Gasteiger partial charge is 0.396 e. The van der Waals surface area contributed by atoms with Crippen molar-refractivity contribution < 1.29 is 5.11 Å². The highest BCUT2D eigenvalue weighted by molar-refractivity contribution is 7.17. The van der Waals surface area contributed by atoms with Gasteiger partial charge in [-0.15, -0.1) is 11.3 Å². The Morgan fingerprint density at radius 1 is 1.59 bits per heavy atom. The van der Waals surface area contributed by atoms with Crippen LogP contribution in [0.25, 0.3) is 10.2 Å². The van der Waals surface area contributed by atoms with Crippen LogP contribution >= 0.6 is 11.3 Å². The summed E-state index contributed by atoms with van der Waals surface area (Å²) in [5.41, 5.74) is 0.680. The van der Waals surface area contributed by atoms with E-state index in [0.717, 1.165) is 18.5 Å². The van der Waals surface area contributed by atoms with E-state index in [1.165, 1.54) is 11.3 Å². The maximum absolute atomic E-state index is 11.7. The molecular formula is C11H15N3O2S. The highest BCUT2D eigenvalue weighted by atomic mass is 32.1. The second-order valence-electron chi connectivity index (χ2n) is 3.96. The molecule has 0 bridgehead atoms. The molecule has 0 fully saturated rings. The van der Waals surface area contributed by atoms with Crippen molar-refractivity contribution in [3.63, 3.8) is 0 Å². The monoisotopic (exact) mass is 253 g/mol. The normalized spacial score (nSPS) is 11.5. The van der Waals surface area contributed by atoms with Crippen LogP contribution in [0.15, 0.2) is 16.2 Å². The number of aliphatic hydroxyl groups is 1. The molecule has 2 rings (SSSR count). The Labute approximate surface area is 103 Å². The van der Waals surface area contributed by atoms with Gasteiger partial charge < -0.3 is 10.1 Å². The molecule has 5 nitrogen and oxygen atoms in total. The molecule has 92 valence electrons. The Morgan fingerprint density at radius 2 is 2.41 bits per heavy atom. The van der Waals surface area contributed by atoms with Crippen LogP contribution < -0.4 is 5.56 Å². The molecule has 0 unspecified atom stereocenters. The molecule has 0 radical (unpaired) electrons. The van der Waals surface area contributed by atoms with Crippen LogP contribution in [0.1, 0.15) is 12.2 Å². The van der Waals surface area contributed by atoms with Gasteiger partial charge in [-0.2, -0.15) is 0 Å². The van der Waals surface area contributed by atoms with Gasteiger partial charge in [0.05, 0.1) is 12.1 Å². The van der Waals surface area contributed by atoms with Crippen molar-refractivity contribution in [3.8, 4) is 0 Å². The van der Waals surface area contributed by atoms with Gasteiger partial charge in [0.15, 0.2) is 0 Å². The fourth-order valence-corrected chi connectivity index (χ4v) is 2.40. The Hall–Kier alpha value is -1.24. The van der Waals surface area contributed by atoms with Crippen molar-refractivity contribution in [1.29, 1.82) is 0 Å². The average Bonchev–Trinajstić information content (AvgIpc) is 2.75. The van der Waals surface area contributed by atoms with Crippen molar-refractivity contribution >= 4 is 21.6 Å². The summed E-state index contributed by atoms with van der Waals surface area (Å²) in [4.78, 5) is 20.9. The lowest BCUT2D eigenvalue weighted by molar-refractivity contribution is 0.242. The zero-order valence-corrected chi connectivity index (χ0v) is 10.5. The number of nitrogens with one attached hydrogen (secondary N) is 1. The molecule has 2 aromatic rings. The average molecular weight is 253 g/mol. The number of nitrogens with zero attached hydrogens (tertiary/aromatic N) is 2. The second kappa shape index (κ2) is 5.39. The highest BCUT2D eigenvalue weighted by Gasteiger charge is 2.06. The minimum atomic E-state index is -0.0736. The topological polar surface area (TPSA) is 69.2 Å². The minimum Gasteiger partial charge on any atom is -0.396 e. The molecule has 0 spiro atoms. The third-order valence-electron chi connectivity index (χ3n) is 2.48. The SMILES string of the molecule is CN(CCCO)Cc1nc2ccsc2c(=O)[nH]1. The first-order valence-corrected chi connectivity index (χ1v) is 6.34. The molecule has 2 N–H and O–H groups in total. The first-order chi connectivity index (χ1) is 8.20. The summed E-state index contributed by atoms with van der Waals surface area (Å²) in [6, 6.07) is 1.85.